The van der Waals surface area contributed by atoms with E-state index in [1.165, 1.54) is 37.2 Å². The first kappa shape index (κ1) is 37.5. The molecule has 6 aromatic rings. The summed E-state index contributed by atoms with van der Waals surface area (Å²) in [4.78, 5) is 17.0. The van der Waals surface area contributed by atoms with Crippen LogP contribution >= 0.6 is 11.3 Å². The molecule has 48 heavy (non-hydrogen) atoms. The monoisotopic (exact) mass is 839 g/mol. The molecule has 255 valence electrons. The first-order chi connectivity index (χ1) is 22.3. The predicted molar refractivity (Wildman–Crippen MR) is 200 cm³/mol. The van der Waals surface area contributed by atoms with Crippen molar-refractivity contribution in [2.75, 3.05) is 0 Å². The third kappa shape index (κ3) is 7.17. The molecule has 0 spiro atoms. The van der Waals surface area contributed by atoms with Gasteiger partial charge in [0.1, 0.15) is 11.3 Å². The van der Waals surface area contributed by atoms with Gasteiger partial charge in [0.25, 0.3) is 0 Å². The van der Waals surface area contributed by atoms with Gasteiger partial charge in [-0.05, 0) is 66.1 Å². The van der Waals surface area contributed by atoms with Crippen molar-refractivity contribution < 1.29 is 34.4 Å². The summed E-state index contributed by atoms with van der Waals surface area (Å²) >= 11 is 1.81. The molecule has 0 saturated heterocycles. The molecule has 3 heterocycles. The van der Waals surface area contributed by atoms with Crippen molar-refractivity contribution in [3.05, 3.63) is 90.5 Å². The van der Waals surface area contributed by atoms with Gasteiger partial charge in [-0.25, -0.2) is 0 Å². The van der Waals surface area contributed by atoms with Gasteiger partial charge in [0, 0.05) is 63.7 Å². The number of rotatable bonds is 8. The van der Waals surface area contributed by atoms with Crippen LogP contribution in [-0.2, 0) is 30.3 Å². The fraction of sp³-hybridized carbons (Fsp3) is 0.381. The van der Waals surface area contributed by atoms with Crippen LogP contribution in [0.3, 0.4) is 0 Å². The number of hydrogen-bond donors (Lipinski definition) is 1. The molecule has 0 bridgehead atoms. The summed E-state index contributed by atoms with van der Waals surface area (Å²) in [5.41, 5.74) is 3.68. The third-order valence-electron chi connectivity index (χ3n) is 10.4. The standard InChI is InChI=1S/C27H20NOS.C15H28O2.Ir/c1-27(2,3)21-13-18(12-16-6-4-5-7-19(16)21)26-25-20-15-22-17(9-11-29-22)14-24(20)30-23(25)8-10-28-26;1-7-14(5,8-2)12(16)11-13(17)15(6,9-3)10-4;/h4-11,13-15H,1-3H3;11,16H,7-10H2,1-6H3;/q-1;;/b;12-11-;. The molecule has 3 aromatic carbocycles. The fourth-order valence-electron chi connectivity index (χ4n) is 6.04. The molecule has 1 radical (unpaired) electrons. The minimum absolute atomic E-state index is 0. The Hall–Kier alpha value is -3.31. The number of hydrogen-bond acceptors (Lipinski definition) is 5. The van der Waals surface area contributed by atoms with Crippen LogP contribution in [-0.4, -0.2) is 15.9 Å². The van der Waals surface area contributed by atoms with Gasteiger partial charge in [-0.15, -0.1) is 40.5 Å². The maximum atomic E-state index is 12.2. The van der Waals surface area contributed by atoms with Crippen LogP contribution in [0.15, 0.2) is 83.3 Å². The second kappa shape index (κ2) is 14.7. The number of aliphatic hydroxyl groups excluding tert-OH is 1. The summed E-state index contributed by atoms with van der Waals surface area (Å²) in [6.07, 6.45) is 8.42. The van der Waals surface area contributed by atoms with Crippen molar-refractivity contribution in [3.8, 4) is 11.3 Å². The van der Waals surface area contributed by atoms with Crippen molar-refractivity contribution in [2.45, 2.75) is 93.4 Å². The number of benzene rings is 3. The molecule has 3 aromatic heterocycles. The van der Waals surface area contributed by atoms with Crippen molar-refractivity contribution in [2.24, 2.45) is 10.8 Å². The number of ketones is 1. The van der Waals surface area contributed by atoms with Crippen LogP contribution in [0.4, 0.5) is 0 Å². The minimum atomic E-state index is -0.337. The zero-order valence-corrected chi connectivity index (χ0v) is 32.9. The molecule has 0 atom stereocenters. The van der Waals surface area contributed by atoms with Gasteiger partial charge in [-0.3, -0.25) is 9.78 Å². The quantitative estimate of drug-likeness (QED) is 0.0942. The minimum Gasteiger partial charge on any atom is -0.512 e. The van der Waals surface area contributed by atoms with E-state index in [1.54, 1.807) is 17.6 Å². The maximum Gasteiger partial charge on any atom is 0.164 e. The Morgan fingerprint density at radius 1 is 0.875 bits per heavy atom. The van der Waals surface area contributed by atoms with E-state index in [9.17, 15) is 9.90 Å². The van der Waals surface area contributed by atoms with Crippen molar-refractivity contribution in [1.82, 2.24) is 4.98 Å². The molecular weight excluding hydrogens is 791 g/mol. The van der Waals surface area contributed by atoms with E-state index in [1.807, 2.05) is 53.8 Å². The summed E-state index contributed by atoms with van der Waals surface area (Å²) < 4.78 is 8.18. The number of fused-ring (bicyclic) bond motifs is 5. The number of pyridine rings is 1. The van der Waals surface area contributed by atoms with E-state index >= 15 is 0 Å². The number of nitrogens with zero attached hydrogens (tertiary/aromatic N) is 1. The Morgan fingerprint density at radius 2 is 1.54 bits per heavy atom. The molecule has 6 heteroatoms. The van der Waals surface area contributed by atoms with Gasteiger partial charge in [0.2, 0.25) is 0 Å². The van der Waals surface area contributed by atoms with Gasteiger partial charge in [0.05, 0.1) is 6.26 Å². The number of carbonyl (C=O) groups excluding carboxylic acids is 1. The van der Waals surface area contributed by atoms with Gasteiger partial charge in [-0.2, -0.15) is 0 Å². The molecule has 0 fully saturated rings. The van der Waals surface area contributed by atoms with Crippen molar-refractivity contribution >= 4 is 59.0 Å². The summed E-state index contributed by atoms with van der Waals surface area (Å²) in [6, 6.07) is 22.9. The number of aromatic nitrogens is 1. The topological polar surface area (TPSA) is 63.3 Å². The molecule has 0 unspecified atom stereocenters. The number of carbonyl (C=O) groups is 1. The average molecular weight is 839 g/mol. The number of allylic oxidation sites excluding steroid dienone is 2. The number of aliphatic hydroxyl groups is 1. The Morgan fingerprint density at radius 3 is 2.19 bits per heavy atom. The van der Waals surface area contributed by atoms with E-state index in [0.717, 1.165) is 53.3 Å². The van der Waals surface area contributed by atoms with Gasteiger partial charge >= 0.3 is 0 Å². The van der Waals surface area contributed by atoms with E-state index < -0.39 is 0 Å². The Balaban J connectivity index is 0.000000251. The van der Waals surface area contributed by atoms with Gasteiger partial charge in [0.15, 0.2) is 5.78 Å². The second-order valence-electron chi connectivity index (χ2n) is 14.3. The first-order valence-electron chi connectivity index (χ1n) is 16.9. The maximum absolute atomic E-state index is 12.2. The molecule has 0 saturated carbocycles. The zero-order chi connectivity index (χ0) is 34.1. The molecule has 0 aliphatic rings. The number of thiophene rings is 1. The van der Waals surface area contributed by atoms with Gasteiger partial charge in [-0.1, -0.05) is 91.5 Å². The molecule has 0 aliphatic heterocycles. The first-order valence-corrected chi connectivity index (χ1v) is 17.7. The van der Waals surface area contributed by atoms with E-state index in [4.69, 9.17) is 9.40 Å². The van der Waals surface area contributed by atoms with Crippen LogP contribution in [0.25, 0.3) is 53.2 Å². The summed E-state index contributed by atoms with van der Waals surface area (Å²) in [5.74, 6) is 0.286. The Bertz CT molecular complexity index is 2090. The predicted octanol–water partition coefficient (Wildman–Crippen LogP) is 12.8. The summed E-state index contributed by atoms with van der Waals surface area (Å²) in [6.45, 7) is 18.9. The van der Waals surface area contributed by atoms with Gasteiger partial charge < -0.3 is 9.52 Å². The molecule has 0 amide bonds. The summed E-state index contributed by atoms with van der Waals surface area (Å²) in [7, 11) is 0. The van der Waals surface area contributed by atoms with Crippen LogP contribution in [0.2, 0.25) is 0 Å². The molecule has 6 rings (SSSR count). The zero-order valence-electron chi connectivity index (χ0n) is 29.7. The molecule has 1 N–H and O–H groups in total. The van der Waals surface area contributed by atoms with Crippen LogP contribution in [0.5, 0.6) is 0 Å². The van der Waals surface area contributed by atoms with Crippen LogP contribution in [0.1, 0.15) is 93.6 Å². The van der Waals surface area contributed by atoms with E-state index in [0.29, 0.717) is 0 Å². The molecule has 4 nitrogen and oxygen atoms in total. The van der Waals surface area contributed by atoms with Crippen molar-refractivity contribution in [3.63, 3.8) is 0 Å². The Labute approximate surface area is 303 Å². The van der Waals surface area contributed by atoms with E-state index in [2.05, 4.69) is 75.4 Å². The normalized spacial score (nSPS) is 12.7. The largest absolute Gasteiger partial charge is 0.512 e. The average Bonchev–Trinajstić information content (AvgIpc) is 3.69. The summed E-state index contributed by atoms with van der Waals surface area (Å²) in [5, 5.41) is 16.0. The number of furan rings is 1. The SMILES string of the molecule is CC(C)(C)c1cc(-c2nccc3sc4cc5ccoc5cc4c23)[c-]c2ccccc12.CCC(C)(CC)C(=O)/C=C(\O)C(C)(CC)CC.[Ir]. The van der Waals surface area contributed by atoms with Crippen LogP contribution < -0.4 is 0 Å². The smallest absolute Gasteiger partial charge is 0.164 e. The fourth-order valence-corrected chi connectivity index (χ4v) is 7.17. The van der Waals surface area contributed by atoms with Crippen LogP contribution in [0, 0.1) is 16.9 Å². The molecule has 0 aliphatic carbocycles. The second-order valence-corrected chi connectivity index (χ2v) is 15.3. The third-order valence-corrected chi connectivity index (χ3v) is 11.5. The Kier molecular flexibility index (Phi) is 11.5. The van der Waals surface area contributed by atoms with E-state index in [-0.39, 0.29) is 47.9 Å². The molecular formula is C42H48IrNO3S-. The van der Waals surface area contributed by atoms with Crippen molar-refractivity contribution in [1.29, 1.82) is 0 Å².